The molecule has 0 heterocycles. The van der Waals surface area contributed by atoms with Gasteiger partial charge in [-0.25, -0.2) is 0 Å². The van der Waals surface area contributed by atoms with E-state index in [0.29, 0.717) is 6.42 Å². The molecule has 0 fully saturated rings. The fourth-order valence-corrected chi connectivity index (χ4v) is 2.91. The summed E-state index contributed by atoms with van der Waals surface area (Å²) in [6, 6.07) is 12.6. The van der Waals surface area contributed by atoms with Crippen molar-refractivity contribution in [2.24, 2.45) is 0 Å². The van der Waals surface area contributed by atoms with Crippen LogP contribution in [0.25, 0.3) is 16.8 Å². The van der Waals surface area contributed by atoms with Crippen LogP contribution in [0.4, 0.5) is 5.69 Å². The van der Waals surface area contributed by atoms with E-state index in [4.69, 9.17) is 5.11 Å². The average molecular weight is 599 g/mol. The molecule has 2 N–H and O–H groups in total. The van der Waals surface area contributed by atoms with Gasteiger partial charge in [-0.15, -0.1) is 0 Å². The van der Waals surface area contributed by atoms with Crippen molar-refractivity contribution in [1.82, 2.24) is 0 Å². The zero-order chi connectivity index (χ0) is 22.1. The molecule has 156 valence electrons. The number of aliphatic carboxylic acids is 1. The van der Waals surface area contributed by atoms with Gasteiger partial charge in [-0.2, -0.15) is 0 Å². The second-order valence-corrected chi connectivity index (χ2v) is 7.01. The second-order valence-electron chi connectivity index (χ2n) is 5.96. The van der Waals surface area contributed by atoms with Gasteiger partial charge in [-0.3, -0.25) is 4.79 Å². The molecule has 2 aromatic rings. The Hall–Kier alpha value is -1.55. The number of unbranched alkanes of at least 4 members (excludes halogenated alkanes) is 1. The molecule has 3 nitrogen and oxygen atoms in total. The van der Waals surface area contributed by atoms with Gasteiger partial charge < -0.3 is 9.83 Å². The normalized spacial score (nSPS) is 10.5. The quantitative estimate of drug-likeness (QED) is 0.239. The van der Waals surface area contributed by atoms with Crippen molar-refractivity contribution < 1.29 is 27.9 Å². The Morgan fingerprint density at radius 3 is 2.41 bits per heavy atom. The molecule has 0 radical (unpaired) electrons. The van der Waals surface area contributed by atoms with Crippen molar-refractivity contribution in [2.45, 2.75) is 40.0 Å². The molecule has 0 saturated carbocycles. The van der Waals surface area contributed by atoms with E-state index in [9.17, 15) is 4.79 Å². The Morgan fingerprint density at radius 1 is 1.24 bits per heavy atom. The minimum absolute atomic E-state index is 0.316. The third-order valence-electron chi connectivity index (χ3n) is 3.77. The summed E-state index contributed by atoms with van der Waals surface area (Å²) in [6.07, 6.45) is 10.1. The van der Waals surface area contributed by atoms with Gasteiger partial charge in [0.2, 0.25) is 0 Å². The summed E-state index contributed by atoms with van der Waals surface area (Å²) in [7, 11) is 4.17. The fraction of sp³-hybridized carbons (Fsp3) is 0.261. The minimum atomic E-state index is -0.693. The molecule has 2 aromatic carbocycles. The summed E-state index contributed by atoms with van der Waals surface area (Å²) in [5, 5.41) is 10.5. The number of rotatable bonds is 8. The van der Waals surface area contributed by atoms with Crippen molar-refractivity contribution in [3.63, 3.8) is 0 Å². The van der Waals surface area contributed by atoms with Crippen LogP contribution in [0, 0.1) is 0 Å². The van der Waals surface area contributed by atoms with Crippen LogP contribution in [0.3, 0.4) is 0 Å². The molecular weight excluding hydrogens is 570 g/mol. The fourth-order valence-electron chi connectivity index (χ4n) is 2.32. The SMILES string of the molecule is C=Cc1ccc(NS/C(C)=C/C=C\C)c2ccccc12.CCCCC(=O)O.[S]=[W]. The van der Waals surface area contributed by atoms with Gasteiger partial charge in [0.15, 0.2) is 0 Å². The molecule has 0 saturated heterocycles. The Balaban J connectivity index is 0.000000740. The molecule has 0 aromatic heterocycles. The Morgan fingerprint density at radius 2 is 1.90 bits per heavy atom. The molecule has 0 spiro atoms. The summed E-state index contributed by atoms with van der Waals surface area (Å²) in [6.45, 7) is 9.96. The van der Waals surface area contributed by atoms with Gasteiger partial charge in [0.25, 0.3) is 0 Å². The molecule has 6 heteroatoms. The van der Waals surface area contributed by atoms with E-state index in [2.05, 4.69) is 70.5 Å². The maximum absolute atomic E-state index is 9.76. The van der Waals surface area contributed by atoms with Crippen LogP contribution in [0.15, 0.2) is 66.1 Å². The molecule has 0 unspecified atom stereocenters. The van der Waals surface area contributed by atoms with Crippen LogP contribution in [0.2, 0.25) is 0 Å². The predicted molar refractivity (Wildman–Crippen MR) is 129 cm³/mol. The molecule has 0 aliphatic heterocycles. The average Bonchev–Trinajstić information content (AvgIpc) is 2.76. The first kappa shape index (κ1) is 27.4. The van der Waals surface area contributed by atoms with Gasteiger partial charge >= 0.3 is 33.8 Å². The Bertz CT molecular complexity index is 835. The van der Waals surface area contributed by atoms with Gasteiger partial charge in [0.05, 0.1) is 5.69 Å². The summed E-state index contributed by atoms with van der Waals surface area (Å²) >= 11 is 2.80. The first-order valence-electron chi connectivity index (χ1n) is 9.28. The number of carboxylic acid groups (broad SMARTS) is 1. The molecule has 29 heavy (non-hydrogen) atoms. The van der Waals surface area contributed by atoms with Crippen LogP contribution < -0.4 is 4.72 Å². The number of carboxylic acids is 1. The Kier molecular flexibility index (Phi) is 16.4. The molecule has 0 aliphatic carbocycles. The topological polar surface area (TPSA) is 49.3 Å². The van der Waals surface area contributed by atoms with E-state index in [1.54, 1.807) is 11.9 Å². The van der Waals surface area contributed by atoms with E-state index < -0.39 is 5.97 Å². The van der Waals surface area contributed by atoms with E-state index in [1.165, 1.54) is 33.7 Å². The summed E-state index contributed by atoms with van der Waals surface area (Å²) < 4.78 is 3.43. The summed E-state index contributed by atoms with van der Waals surface area (Å²) in [5.41, 5.74) is 2.29. The third kappa shape index (κ3) is 11.3. The van der Waals surface area contributed by atoms with Crippen molar-refractivity contribution in [1.29, 1.82) is 0 Å². The third-order valence-corrected chi connectivity index (χ3v) is 4.55. The zero-order valence-electron chi connectivity index (χ0n) is 17.2. The van der Waals surface area contributed by atoms with Crippen molar-refractivity contribution in [3.8, 4) is 0 Å². The molecular formula is C23H29NO2S2W. The van der Waals surface area contributed by atoms with Crippen molar-refractivity contribution in [3.05, 3.63) is 71.7 Å². The second kappa shape index (κ2) is 17.3. The van der Waals surface area contributed by atoms with E-state index in [-0.39, 0.29) is 0 Å². The summed E-state index contributed by atoms with van der Waals surface area (Å²) in [5.74, 6) is -0.693. The number of hydrogen-bond donors (Lipinski definition) is 2. The number of allylic oxidation sites excluding steroid dienone is 4. The molecule has 0 atom stereocenters. The molecule has 2 rings (SSSR count). The first-order valence-corrected chi connectivity index (χ1v) is 14.0. The number of nitrogens with one attached hydrogen (secondary N) is 1. The van der Waals surface area contributed by atoms with E-state index >= 15 is 0 Å². The predicted octanol–water partition coefficient (Wildman–Crippen LogP) is 7.93. The van der Waals surface area contributed by atoms with Crippen LogP contribution in [-0.4, -0.2) is 11.1 Å². The van der Waals surface area contributed by atoms with Crippen LogP contribution in [0.1, 0.15) is 45.6 Å². The standard InChI is InChI=1S/C18H19NS.C5H10O2.S.W/c1-4-6-9-14(3)20-19-18-13-12-15(5-2)16-10-7-8-11-17(16)18;1-2-3-4-5(6)7;;/h4-13,19H,2H2,1,3H3;2-4H2,1H3,(H,6,7);;/b6-4-,14-9+;;;. The van der Waals surface area contributed by atoms with Crippen molar-refractivity contribution >= 4 is 50.3 Å². The number of benzene rings is 2. The number of fused-ring (bicyclic) bond motifs is 1. The van der Waals surface area contributed by atoms with Crippen LogP contribution >= 0.6 is 21.8 Å². The molecule has 0 aliphatic rings. The van der Waals surface area contributed by atoms with Gasteiger partial charge in [-0.1, -0.05) is 74.6 Å². The molecule has 0 amide bonds. The monoisotopic (exact) mass is 599 g/mol. The number of anilines is 1. The zero-order valence-corrected chi connectivity index (χ0v) is 21.7. The van der Waals surface area contributed by atoms with Gasteiger partial charge in [0.1, 0.15) is 0 Å². The van der Waals surface area contributed by atoms with E-state index in [1.807, 2.05) is 32.1 Å². The van der Waals surface area contributed by atoms with Crippen LogP contribution in [-0.2, 0) is 22.8 Å². The summed E-state index contributed by atoms with van der Waals surface area (Å²) in [4.78, 5) is 11.0. The first-order chi connectivity index (χ1) is 14.0. The number of hydrogen-bond acceptors (Lipinski definition) is 4. The van der Waals surface area contributed by atoms with Crippen molar-refractivity contribution in [2.75, 3.05) is 4.72 Å². The Labute approximate surface area is 193 Å². The van der Waals surface area contributed by atoms with E-state index in [0.717, 1.165) is 24.1 Å². The van der Waals surface area contributed by atoms with Crippen LogP contribution in [0.5, 0.6) is 0 Å². The van der Waals surface area contributed by atoms with Gasteiger partial charge in [0, 0.05) is 16.7 Å². The van der Waals surface area contributed by atoms with Gasteiger partial charge in [-0.05, 0) is 49.2 Å². The number of carbonyl (C=O) groups is 1. The molecule has 0 bridgehead atoms. The maximum atomic E-state index is 9.76.